The smallest absolute Gasteiger partial charge is 0.262 e. The monoisotopic (exact) mass is 469 g/mol. The molecule has 28 heavy (non-hydrogen) atoms. The van der Waals surface area contributed by atoms with Crippen molar-refractivity contribution < 1.29 is 22.3 Å². The number of carbonyl (C=O) groups excluding carboxylic acids is 1. The van der Waals surface area contributed by atoms with Crippen LogP contribution in [0.25, 0.3) is 0 Å². The molecule has 1 amide bonds. The van der Waals surface area contributed by atoms with Crippen LogP contribution in [0.3, 0.4) is 0 Å². The minimum Gasteiger partial charge on any atom is -0.481 e. The van der Waals surface area contributed by atoms with Gasteiger partial charge in [-0.2, -0.15) is 0 Å². The predicted octanol–water partition coefficient (Wildman–Crippen LogP) is 3.08. The predicted molar refractivity (Wildman–Crippen MR) is 107 cm³/mol. The van der Waals surface area contributed by atoms with Crippen molar-refractivity contribution in [3.8, 4) is 5.75 Å². The molecule has 0 aliphatic carbocycles. The van der Waals surface area contributed by atoms with Gasteiger partial charge < -0.3 is 10.1 Å². The standard InChI is InChI=1S/C18H17BrFN3O4S/c19-12-6-7-16(15(20)9-12)27-11-18(24)22-13-3-1-4-14(10-13)28(25,26)23-17-5-2-8-21-17/h1,3-4,6-7,9-10H,2,5,8,11H2,(H,21,23)(H,22,24). The second-order valence-corrected chi connectivity index (χ2v) is 8.57. The summed E-state index contributed by atoms with van der Waals surface area (Å²) >= 11 is 3.13. The van der Waals surface area contributed by atoms with E-state index in [2.05, 4.69) is 31.0 Å². The number of anilines is 1. The molecule has 0 saturated heterocycles. The number of hydrogen-bond donors (Lipinski definition) is 2. The minimum absolute atomic E-state index is 0.000211. The number of nitrogens with zero attached hydrogens (tertiary/aromatic N) is 1. The lowest BCUT2D eigenvalue weighted by molar-refractivity contribution is -0.118. The van der Waals surface area contributed by atoms with Crippen LogP contribution >= 0.6 is 15.9 Å². The highest BCUT2D eigenvalue weighted by molar-refractivity contribution is 9.10. The molecular weight excluding hydrogens is 453 g/mol. The van der Waals surface area contributed by atoms with Crippen LogP contribution in [0, 0.1) is 5.82 Å². The first-order valence-electron chi connectivity index (χ1n) is 8.37. The number of aliphatic imine (C=N–C) groups is 1. The lowest BCUT2D eigenvalue weighted by Gasteiger charge is -2.11. The SMILES string of the molecule is O=C(COc1ccc(Br)cc1F)Nc1cccc(S(=O)(=O)NC2=NCCC2)c1. The van der Waals surface area contributed by atoms with Gasteiger partial charge in [0.25, 0.3) is 15.9 Å². The van der Waals surface area contributed by atoms with E-state index in [0.29, 0.717) is 23.3 Å². The quantitative estimate of drug-likeness (QED) is 0.679. The maximum absolute atomic E-state index is 13.7. The van der Waals surface area contributed by atoms with E-state index in [1.807, 2.05) is 0 Å². The van der Waals surface area contributed by atoms with Crippen molar-refractivity contribution in [2.45, 2.75) is 17.7 Å². The Bertz CT molecular complexity index is 1030. The number of halogens is 2. The van der Waals surface area contributed by atoms with Gasteiger partial charge in [-0.3, -0.25) is 14.5 Å². The Balaban J connectivity index is 1.62. The van der Waals surface area contributed by atoms with Crippen LogP contribution in [0.5, 0.6) is 5.75 Å². The van der Waals surface area contributed by atoms with E-state index < -0.39 is 28.4 Å². The number of hydrogen-bond acceptors (Lipinski definition) is 5. The van der Waals surface area contributed by atoms with Crippen molar-refractivity contribution in [3.05, 3.63) is 52.8 Å². The van der Waals surface area contributed by atoms with Crippen LogP contribution in [0.1, 0.15) is 12.8 Å². The fraction of sp³-hybridized carbons (Fsp3) is 0.222. The van der Waals surface area contributed by atoms with E-state index in [1.165, 1.54) is 30.3 Å². The molecule has 1 heterocycles. The first-order valence-corrected chi connectivity index (χ1v) is 10.6. The second kappa shape index (κ2) is 8.70. The van der Waals surface area contributed by atoms with Crippen LogP contribution in [0.15, 0.2) is 56.8 Å². The number of rotatable bonds is 6. The number of carbonyl (C=O) groups is 1. The molecule has 0 bridgehead atoms. The Morgan fingerprint density at radius 2 is 2.07 bits per heavy atom. The molecule has 0 saturated carbocycles. The van der Waals surface area contributed by atoms with E-state index in [1.54, 1.807) is 12.1 Å². The largest absolute Gasteiger partial charge is 0.481 e. The van der Waals surface area contributed by atoms with E-state index >= 15 is 0 Å². The molecule has 148 valence electrons. The van der Waals surface area contributed by atoms with Crippen LogP contribution in [-0.2, 0) is 14.8 Å². The first-order chi connectivity index (χ1) is 13.3. The molecule has 1 aliphatic heterocycles. The van der Waals surface area contributed by atoms with Crippen LogP contribution in [0.2, 0.25) is 0 Å². The number of sulfonamides is 1. The van der Waals surface area contributed by atoms with Gasteiger partial charge in [0, 0.05) is 23.1 Å². The fourth-order valence-electron chi connectivity index (χ4n) is 2.51. The zero-order valence-electron chi connectivity index (χ0n) is 14.6. The van der Waals surface area contributed by atoms with Crippen molar-refractivity contribution >= 4 is 43.4 Å². The molecule has 2 aromatic rings. The van der Waals surface area contributed by atoms with Gasteiger partial charge in [-0.05, 0) is 42.8 Å². The lowest BCUT2D eigenvalue weighted by atomic mass is 10.3. The maximum Gasteiger partial charge on any atom is 0.262 e. The summed E-state index contributed by atoms with van der Waals surface area (Å²) in [5.74, 6) is -0.781. The summed E-state index contributed by atoms with van der Waals surface area (Å²) in [5, 5.41) is 2.53. The van der Waals surface area contributed by atoms with Crippen molar-refractivity contribution in [2.75, 3.05) is 18.5 Å². The maximum atomic E-state index is 13.7. The normalized spacial score (nSPS) is 13.7. The van der Waals surface area contributed by atoms with Gasteiger partial charge in [-0.25, -0.2) is 12.8 Å². The van der Waals surface area contributed by atoms with Crippen LogP contribution in [-0.4, -0.2) is 33.3 Å². The van der Waals surface area contributed by atoms with Crippen molar-refractivity contribution in [2.24, 2.45) is 4.99 Å². The van der Waals surface area contributed by atoms with Crippen LogP contribution in [0.4, 0.5) is 10.1 Å². The summed E-state index contributed by atoms with van der Waals surface area (Å²) in [7, 11) is -3.78. The third kappa shape index (κ3) is 5.29. The molecule has 0 radical (unpaired) electrons. The summed E-state index contributed by atoms with van der Waals surface area (Å²) in [6.07, 6.45) is 1.40. The Hall–Kier alpha value is -2.46. The van der Waals surface area contributed by atoms with Gasteiger partial charge in [0.15, 0.2) is 18.2 Å². The Kier molecular flexibility index (Phi) is 6.30. The Morgan fingerprint density at radius 3 is 2.79 bits per heavy atom. The van der Waals surface area contributed by atoms with E-state index in [0.717, 1.165) is 6.42 Å². The highest BCUT2D eigenvalue weighted by Crippen LogP contribution is 2.21. The highest BCUT2D eigenvalue weighted by atomic mass is 79.9. The molecular formula is C18H17BrFN3O4S. The van der Waals surface area contributed by atoms with Crippen molar-refractivity contribution in [1.29, 1.82) is 0 Å². The zero-order chi connectivity index (χ0) is 20.1. The molecule has 2 aromatic carbocycles. The van der Waals surface area contributed by atoms with Crippen LogP contribution < -0.4 is 14.8 Å². The summed E-state index contributed by atoms with van der Waals surface area (Å²) in [4.78, 5) is 16.1. The highest BCUT2D eigenvalue weighted by Gasteiger charge is 2.19. The molecule has 0 fully saturated rings. The van der Waals surface area contributed by atoms with Gasteiger partial charge in [0.1, 0.15) is 5.84 Å². The number of ether oxygens (including phenoxy) is 1. The second-order valence-electron chi connectivity index (χ2n) is 5.98. The first kappa shape index (κ1) is 20.3. The number of benzene rings is 2. The minimum atomic E-state index is -3.78. The van der Waals surface area contributed by atoms with Gasteiger partial charge in [0.05, 0.1) is 4.90 Å². The third-order valence-electron chi connectivity index (χ3n) is 3.81. The van der Waals surface area contributed by atoms with E-state index in [4.69, 9.17) is 4.74 Å². The number of amidine groups is 1. The fourth-order valence-corrected chi connectivity index (χ4v) is 3.98. The molecule has 10 heteroatoms. The molecule has 3 rings (SSSR count). The Morgan fingerprint density at radius 1 is 1.25 bits per heavy atom. The van der Waals surface area contributed by atoms with Crippen molar-refractivity contribution in [1.82, 2.24) is 4.72 Å². The molecule has 7 nitrogen and oxygen atoms in total. The van der Waals surface area contributed by atoms with E-state index in [-0.39, 0.29) is 16.3 Å². The molecule has 0 aromatic heterocycles. The zero-order valence-corrected chi connectivity index (χ0v) is 17.0. The van der Waals surface area contributed by atoms with E-state index in [9.17, 15) is 17.6 Å². The molecule has 0 unspecified atom stereocenters. The Labute approximate surface area is 170 Å². The van der Waals surface area contributed by atoms with Gasteiger partial charge >= 0.3 is 0 Å². The molecule has 0 atom stereocenters. The summed E-state index contributed by atoms with van der Waals surface area (Å²) in [5.41, 5.74) is 0.279. The molecule has 1 aliphatic rings. The number of nitrogens with one attached hydrogen (secondary N) is 2. The summed E-state index contributed by atoms with van der Waals surface area (Å²) < 4.78 is 46.7. The van der Waals surface area contributed by atoms with Gasteiger partial charge in [-0.1, -0.05) is 22.0 Å². The number of amides is 1. The van der Waals surface area contributed by atoms with Crippen molar-refractivity contribution in [3.63, 3.8) is 0 Å². The molecule has 0 spiro atoms. The molecule has 2 N–H and O–H groups in total. The van der Waals surface area contributed by atoms with Gasteiger partial charge in [-0.15, -0.1) is 0 Å². The summed E-state index contributed by atoms with van der Waals surface area (Å²) in [6.45, 7) is 0.178. The third-order valence-corrected chi connectivity index (χ3v) is 5.68. The lowest BCUT2D eigenvalue weighted by Crippen LogP contribution is -2.29. The van der Waals surface area contributed by atoms with Gasteiger partial charge in [0.2, 0.25) is 0 Å². The average molecular weight is 470 g/mol. The summed E-state index contributed by atoms with van der Waals surface area (Å²) in [6, 6.07) is 10.0. The topological polar surface area (TPSA) is 96.9 Å². The average Bonchev–Trinajstić information content (AvgIpc) is 3.13.